The third kappa shape index (κ3) is 6.52. The normalized spacial score (nSPS) is 14.3. The van der Waals surface area contributed by atoms with Gasteiger partial charge in [0.25, 0.3) is 16.1 Å². The van der Waals surface area contributed by atoms with Crippen LogP contribution in [0, 0.1) is 11.7 Å². The fourth-order valence-corrected chi connectivity index (χ4v) is 5.04. The highest BCUT2D eigenvalue weighted by Gasteiger charge is 2.34. The molecule has 3 N–H and O–H groups in total. The second-order valence-corrected chi connectivity index (χ2v) is 11.9. The van der Waals surface area contributed by atoms with Gasteiger partial charge in [0.15, 0.2) is 0 Å². The highest BCUT2D eigenvalue weighted by molar-refractivity contribution is 7.90. The largest absolute Gasteiger partial charge is 0.444 e. The van der Waals surface area contributed by atoms with Crippen molar-refractivity contribution in [3.05, 3.63) is 52.9 Å². The lowest BCUT2D eigenvalue weighted by Crippen LogP contribution is -2.55. The van der Waals surface area contributed by atoms with E-state index in [0.29, 0.717) is 29.7 Å². The first-order valence-corrected chi connectivity index (χ1v) is 13.6. The smallest absolute Gasteiger partial charge is 0.410 e. The third-order valence-electron chi connectivity index (χ3n) is 5.65. The number of halogens is 2. The van der Waals surface area contributed by atoms with Gasteiger partial charge in [0, 0.05) is 43.7 Å². The second kappa shape index (κ2) is 10.4. The summed E-state index contributed by atoms with van der Waals surface area (Å²) in [6, 6.07) is 8.43. The number of amides is 2. The number of carbonyl (C=O) groups excluding carboxylic acids is 2. The van der Waals surface area contributed by atoms with Gasteiger partial charge in [-0.1, -0.05) is 11.6 Å². The Labute approximate surface area is 224 Å². The summed E-state index contributed by atoms with van der Waals surface area (Å²) < 4.78 is 50.1. The van der Waals surface area contributed by atoms with Crippen LogP contribution < -0.4 is 14.8 Å². The van der Waals surface area contributed by atoms with Crippen LogP contribution in [0.5, 0.6) is 0 Å². The van der Waals surface area contributed by atoms with Crippen LogP contribution in [0.1, 0.15) is 31.3 Å². The molecule has 0 saturated carbocycles. The molecular formula is C24H28ClFN6O5S. The van der Waals surface area contributed by atoms with Gasteiger partial charge in [0.2, 0.25) is 0 Å². The number of nitrogens with one attached hydrogen (secondary N) is 3. The summed E-state index contributed by atoms with van der Waals surface area (Å²) >= 11 is 5.78. The second-order valence-electron chi connectivity index (χ2n) is 9.99. The molecule has 3 aromatic rings. The maximum Gasteiger partial charge on any atom is 0.410 e. The zero-order chi connectivity index (χ0) is 27.8. The first-order chi connectivity index (χ1) is 17.7. The molecule has 38 heavy (non-hydrogen) atoms. The number of anilines is 2. The van der Waals surface area contributed by atoms with Gasteiger partial charge in [-0.25, -0.2) is 9.18 Å². The Morgan fingerprint density at radius 2 is 1.84 bits per heavy atom. The molecule has 1 aliphatic heterocycles. The SMILES string of the molecule is Cn1nc2cc(NS(=O)(=O)NCC3CN(C(=O)OC(C)(C)C)C3)ccc2c1C(=O)Nc1ccc(F)c(Cl)c1. The molecule has 1 saturated heterocycles. The molecule has 1 aliphatic rings. The molecule has 0 aliphatic carbocycles. The third-order valence-corrected chi connectivity index (χ3v) is 6.99. The average molecular weight is 567 g/mol. The van der Waals surface area contributed by atoms with Crippen molar-refractivity contribution in [2.24, 2.45) is 13.0 Å². The number of hydrogen-bond acceptors (Lipinski definition) is 6. The van der Waals surface area contributed by atoms with Crippen LogP contribution in [0.4, 0.5) is 20.6 Å². The quantitative estimate of drug-likeness (QED) is 0.399. The number of hydrogen-bond donors (Lipinski definition) is 3. The summed E-state index contributed by atoms with van der Waals surface area (Å²) in [6.07, 6.45) is -0.423. The van der Waals surface area contributed by atoms with Gasteiger partial charge in [-0.2, -0.15) is 18.2 Å². The molecule has 1 fully saturated rings. The molecule has 204 valence electrons. The van der Waals surface area contributed by atoms with Crippen molar-refractivity contribution >= 4 is 56.1 Å². The Kier molecular flexibility index (Phi) is 7.55. The van der Waals surface area contributed by atoms with Gasteiger partial charge in [0.1, 0.15) is 17.1 Å². The van der Waals surface area contributed by atoms with E-state index < -0.39 is 33.6 Å². The minimum Gasteiger partial charge on any atom is -0.444 e. The molecule has 0 spiro atoms. The summed E-state index contributed by atoms with van der Waals surface area (Å²) in [5.41, 5.74) is 0.592. The number of fused-ring (bicyclic) bond motifs is 1. The van der Waals surface area contributed by atoms with Gasteiger partial charge >= 0.3 is 6.09 Å². The maximum atomic E-state index is 13.4. The molecule has 11 nitrogen and oxygen atoms in total. The maximum absolute atomic E-state index is 13.4. The Morgan fingerprint density at radius 1 is 1.16 bits per heavy atom. The van der Waals surface area contributed by atoms with Crippen LogP contribution in [0.2, 0.25) is 5.02 Å². The highest BCUT2D eigenvalue weighted by atomic mass is 35.5. The van der Waals surface area contributed by atoms with Crippen molar-refractivity contribution < 1.29 is 27.1 Å². The lowest BCUT2D eigenvalue weighted by Gasteiger charge is -2.39. The number of carbonyl (C=O) groups is 2. The van der Waals surface area contributed by atoms with E-state index in [4.69, 9.17) is 16.3 Å². The van der Waals surface area contributed by atoms with Crippen LogP contribution in [-0.2, 0) is 22.0 Å². The number of aromatic nitrogens is 2. The Bertz CT molecular complexity index is 1500. The Hall–Kier alpha value is -3.42. The van der Waals surface area contributed by atoms with Crippen LogP contribution >= 0.6 is 11.6 Å². The number of nitrogens with zero attached hydrogens (tertiary/aromatic N) is 3. The lowest BCUT2D eigenvalue weighted by atomic mass is 10.0. The van der Waals surface area contributed by atoms with E-state index in [9.17, 15) is 22.4 Å². The summed E-state index contributed by atoms with van der Waals surface area (Å²) in [5, 5.41) is 7.33. The minimum absolute atomic E-state index is 0.0329. The summed E-state index contributed by atoms with van der Waals surface area (Å²) in [6.45, 7) is 6.29. The molecule has 2 aromatic carbocycles. The van der Waals surface area contributed by atoms with Gasteiger partial charge in [0.05, 0.1) is 16.2 Å². The van der Waals surface area contributed by atoms with E-state index in [0.717, 1.165) is 6.07 Å². The van der Waals surface area contributed by atoms with Crippen molar-refractivity contribution in [1.29, 1.82) is 0 Å². The number of rotatable bonds is 7. The minimum atomic E-state index is -3.90. The number of aryl methyl sites for hydroxylation is 1. The van der Waals surface area contributed by atoms with Crippen LogP contribution in [0.3, 0.4) is 0 Å². The van der Waals surface area contributed by atoms with Gasteiger partial charge in [-0.05, 0) is 57.2 Å². The topological polar surface area (TPSA) is 135 Å². The zero-order valence-corrected chi connectivity index (χ0v) is 22.8. The first kappa shape index (κ1) is 27.6. The summed E-state index contributed by atoms with van der Waals surface area (Å²) in [4.78, 5) is 26.4. The molecule has 0 unspecified atom stereocenters. The molecule has 0 radical (unpaired) electrons. The van der Waals surface area contributed by atoms with E-state index in [1.165, 1.54) is 33.8 Å². The van der Waals surface area contributed by atoms with E-state index in [-0.39, 0.29) is 28.9 Å². The molecule has 14 heteroatoms. The number of ether oxygens (including phenoxy) is 1. The fraction of sp³-hybridized carbons (Fsp3) is 0.375. The van der Waals surface area contributed by atoms with Gasteiger partial charge < -0.3 is 15.0 Å². The van der Waals surface area contributed by atoms with E-state index >= 15 is 0 Å². The highest BCUT2D eigenvalue weighted by Crippen LogP contribution is 2.25. The van der Waals surface area contributed by atoms with Crippen molar-refractivity contribution in [3.63, 3.8) is 0 Å². The molecule has 1 aromatic heterocycles. The molecule has 2 heterocycles. The monoisotopic (exact) mass is 566 g/mol. The van der Waals surface area contributed by atoms with E-state index in [1.807, 2.05) is 0 Å². The predicted octanol–water partition coefficient (Wildman–Crippen LogP) is 3.73. The Balaban J connectivity index is 1.36. The van der Waals surface area contributed by atoms with E-state index in [2.05, 4.69) is 19.9 Å². The average Bonchev–Trinajstić information content (AvgIpc) is 3.08. The zero-order valence-electron chi connectivity index (χ0n) is 21.2. The van der Waals surface area contributed by atoms with Crippen molar-refractivity contribution in [1.82, 2.24) is 19.4 Å². The van der Waals surface area contributed by atoms with Gasteiger partial charge in [-0.3, -0.25) is 14.2 Å². The first-order valence-electron chi connectivity index (χ1n) is 11.7. The fourth-order valence-electron chi connectivity index (χ4n) is 3.89. The molecule has 2 amide bonds. The van der Waals surface area contributed by atoms with Crippen LogP contribution in [-0.4, -0.2) is 60.3 Å². The predicted molar refractivity (Wildman–Crippen MR) is 142 cm³/mol. The molecule has 0 atom stereocenters. The summed E-state index contributed by atoms with van der Waals surface area (Å²) in [7, 11) is -2.32. The molecular weight excluding hydrogens is 539 g/mol. The van der Waals surface area contributed by atoms with Gasteiger partial charge in [-0.15, -0.1) is 0 Å². The molecule has 0 bridgehead atoms. The van der Waals surface area contributed by atoms with Crippen molar-refractivity contribution in [2.75, 3.05) is 29.7 Å². The Morgan fingerprint density at radius 3 is 2.50 bits per heavy atom. The number of benzene rings is 2. The van der Waals surface area contributed by atoms with Crippen molar-refractivity contribution in [2.45, 2.75) is 26.4 Å². The van der Waals surface area contributed by atoms with Crippen molar-refractivity contribution in [3.8, 4) is 0 Å². The van der Waals surface area contributed by atoms with E-state index in [1.54, 1.807) is 33.9 Å². The standard InChI is InChI=1S/C24H28ClFN6O5S/c1-24(2,3)37-23(34)32-12-14(13-32)11-27-38(35,36)30-16-5-7-17-20(10-16)29-31(4)21(17)22(33)28-15-6-8-19(26)18(25)9-15/h5-10,14,27,30H,11-13H2,1-4H3,(H,28,33). The lowest BCUT2D eigenvalue weighted by molar-refractivity contribution is -0.0000813. The number of likely N-dealkylation sites (tertiary alicyclic amines) is 1. The van der Waals surface area contributed by atoms with Crippen LogP contribution in [0.15, 0.2) is 36.4 Å². The van der Waals surface area contributed by atoms with Crippen LogP contribution in [0.25, 0.3) is 10.9 Å². The summed E-state index contributed by atoms with van der Waals surface area (Å²) in [5.74, 6) is -1.13. The molecule has 4 rings (SSSR count).